The van der Waals surface area contributed by atoms with Crippen LogP contribution in [0.15, 0.2) is 54.7 Å². The van der Waals surface area contributed by atoms with Gasteiger partial charge in [-0.25, -0.2) is 0 Å². The highest BCUT2D eigenvalue weighted by molar-refractivity contribution is 6.30. The Labute approximate surface area is 226 Å². The molecule has 3 N–H and O–H groups in total. The molecule has 2 bridgehead atoms. The Bertz CT molecular complexity index is 1270. The van der Waals surface area contributed by atoms with Gasteiger partial charge in [-0.15, -0.1) is 5.10 Å². The van der Waals surface area contributed by atoms with E-state index in [1.807, 2.05) is 37.3 Å². The van der Waals surface area contributed by atoms with Crippen LogP contribution in [0.3, 0.4) is 0 Å². The Kier molecular flexibility index (Phi) is 9.31. The predicted octanol–water partition coefficient (Wildman–Crippen LogP) is 2.66. The monoisotopic (exact) mass is 538 g/mol. The SMILES string of the molecule is CCC[C@@H]1NC(=O)c2ccc(Cl)cc2OCCCn2cc(nn2)CNC(=O)[C@H](Cc2ccccc2)NC1=O. The van der Waals surface area contributed by atoms with Gasteiger partial charge in [-0.2, -0.15) is 0 Å². The Balaban J connectivity index is 1.63. The van der Waals surface area contributed by atoms with Crippen LogP contribution in [0.1, 0.15) is 47.8 Å². The van der Waals surface area contributed by atoms with Gasteiger partial charge < -0.3 is 20.7 Å². The molecule has 1 aromatic heterocycles. The van der Waals surface area contributed by atoms with Crippen LogP contribution in [0.2, 0.25) is 5.02 Å². The Hall–Kier alpha value is -3.92. The van der Waals surface area contributed by atoms with Crippen molar-refractivity contribution in [2.24, 2.45) is 0 Å². The van der Waals surface area contributed by atoms with E-state index in [1.54, 1.807) is 29.1 Å². The van der Waals surface area contributed by atoms with Crippen molar-refractivity contribution < 1.29 is 19.1 Å². The third-order valence-corrected chi connectivity index (χ3v) is 6.36. The molecule has 3 aromatic rings. The molecular formula is C27H31ClN6O4. The lowest BCUT2D eigenvalue weighted by Crippen LogP contribution is -2.54. The summed E-state index contributed by atoms with van der Waals surface area (Å²) in [6.07, 6.45) is 3.68. The minimum atomic E-state index is -0.857. The summed E-state index contributed by atoms with van der Waals surface area (Å²) in [5.41, 5.74) is 1.75. The number of nitrogens with zero attached hydrogens (tertiary/aromatic N) is 3. The first-order chi connectivity index (χ1) is 18.4. The molecule has 11 heteroatoms. The van der Waals surface area contributed by atoms with Crippen molar-refractivity contribution in [2.75, 3.05) is 6.61 Å². The quantitative estimate of drug-likeness (QED) is 0.468. The fourth-order valence-corrected chi connectivity index (χ4v) is 4.33. The van der Waals surface area contributed by atoms with E-state index in [2.05, 4.69) is 26.3 Å². The maximum absolute atomic E-state index is 13.4. The van der Waals surface area contributed by atoms with E-state index in [9.17, 15) is 14.4 Å². The van der Waals surface area contributed by atoms with Crippen molar-refractivity contribution in [1.82, 2.24) is 30.9 Å². The molecule has 2 atom stereocenters. The fraction of sp³-hybridized carbons (Fsp3) is 0.370. The van der Waals surface area contributed by atoms with E-state index in [0.717, 1.165) is 5.56 Å². The second kappa shape index (κ2) is 13.0. The van der Waals surface area contributed by atoms with Crippen LogP contribution >= 0.6 is 11.6 Å². The number of benzene rings is 2. The molecular weight excluding hydrogens is 508 g/mol. The molecule has 0 saturated heterocycles. The number of hydrogen-bond acceptors (Lipinski definition) is 6. The summed E-state index contributed by atoms with van der Waals surface area (Å²) in [5.74, 6) is -0.934. The molecule has 10 nitrogen and oxygen atoms in total. The smallest absolute Gasteiger partial charge is 0.255 e. The minimum absolute atomic E-state index is 0.164. The molecule has 4 rings (SSSR count). The van der Waals surface area contributed by atoms with Gasteiger partial charge in [-0.1, -0.05) is 60.5 Å². The summed E-state index contributed by atoms with van der Waals surface area (Å²) < 4.78 is 7.55. The molecule has 38 heavy (non-hydrogen) atoms. The van der Waals surface area contributed by atoms with Crippen LogP contribution in [0, 0.1) is 0 Å². The van der Waals surface area contributed by atoms with Crippen molar-refractivity contribution in [3.63, 3.8) is 0 Å². The van der Waals surface area contributed by atoms with Crippen molar-refractivity contribution in [1.29, 1.82) is 0 Å². The van der Waals surface area contributed by atoms with Crippen LogP contribution in [-0.2, 0) is 29.1 Å². The van der Waals surface area contributed by atoms with Gasteiger partial charge in [0, 0.05) is 24.4 Å². The molecule has 0 saturated carbocycles. The molecule has 0 radical (unpaired) electrons. The lowest BCUT2D eigenvalue weighted by atomic mass is 10.0. The zero-order valence-electron chi connectivity index (χ0n) is 21.2. The number of fused-ring (bicyclic) bond motifs is 3. The van der Waals surface area contributed by atoms with E-state index in [0.29, 0.717) is 48.9 Å². The van der Waals surface area contributed by atoms with Crippen molar-refractivity contribution in [3.8, 4) is 5.75 Å². The van der Waals surface area contributed by atoms with Gasteiger partial charge in [0.05, 0.1) is 24.9 Å². The van der Waals surface area contributed by atoms with Gasteiger partial charge in [0.15, 0.2) is 0 Å². The molecule has 1 aliphatic rings. The topological polar surface area (TPSA) is 127 Å². The van der Waals surface area contributed by atoms with E-state index in [4.69, 9.17) is 16.3 Å². The minimum Gasteiger partial charge on any atom is -0.493 e. The number of halogens is 1. The molecule has 1 aliphatic heterocycles. The van der Waals surface area contributed by atoms with E-state index >= 15 is 0 Å². The first kappa shape index (κ1) is 27.1. The maximum atomic E-state index is 13.4. The largest absolute Gasteiger partial charge is 0.493 e. The van der Waals surface area contributed by atoms with Gasteiger partial charge >= 0.3 is 0 Å². The number of rotatable bonds is 4. The number of aryl methyl sites for hydroxylation is 1. The van der Waals surface area contributed by atoms with Gasteiger partial charge in [0.25, 0.3) is 5.91 Å². The highest BCUT2D eigenvalue weighted by Crippen LogP contribution is 2.24. The normalized spacial score (nSPS) is 19.2. The van der Waals surface area contributed by atoms with Gasteiger partial charge in [0.1, 0.15) is 23.5 Å². The fourth-order valence-electron chi connectivity index (χ4n) is 4.17. The Morgan fingerprint density at radius 1 is 1.05 bits per heavy atom. The van der Waals surface area contributed by atoms with Crippen LogP contribution in [0.5, 0.6) is 5.75 Å². The number of ether oxygens (including phenoxy) is 1. The second-order valence-electron chi connectivity index (χ2n) is 9.10. The number of carbonyl (C=O) groups excluding carboxylic acids is 3. The highest BCUT2D eigenvalue weighted by Gasteiger charge is 2.28. The third-order valence-electron chi connectivity index (χ3n) is 6.12. The average Bonchev–Trinajstić information content (AvgIpc) is 3.37. The summed E-state index contributed by atoms with van der Waals surface area (Å²) in [4.78, 5) is 39.8. The third kappa shape index (κ3) is 7.32. The van der Waals surface area contributed by atoms with Crippen molar-refractivity contribution in [3.05, 3.63) is 76.6 Å². The number of aromatic nitrogens is 3. The summed E-state index contributed by atoms with van der Waals surface area (Å²) in [6, 6.07) is 12.5. The number of carbonyl (C=O) groups is 3. The van der Waals surface area contributed by atoms with Crippen molar-refractivity contribution >= 4 is 29.3 Å². The summed E-state index contributed by atoms with van der Waals surface area (Å²) in [5, 5.41) is 17.2. The number of amides is 3. The van der Waals surface area contributed by atoms with Crippen LogP contribution in [-0.4, -0.2) is 51.4 Å². The molecule has 0 spiro atoms. The van der Waals surface area contributed by atoms with E-state index in [1.165, 1.54) is 0 Å². The number of hydrogen-bond donors (Lipinski definition) is 3. The summed E-state index contributed by atoms with van der Waals surface area (Å²) in [6.45, 7) is 2.93. The second-order valence-corrected chi connectivity index (χ2v) is 9.54. The molecule has 200 valence electrons. The molecule has 0 fully saturated rings. The molecule has 0 aliphatic carbocycles. The molecule has 0 unspecified atom stereocenters. The van der Waals surface area contributed by atoms with Crippen LogP contribution in [0.4, 0.5) is 0 Å². The zero-order chi connectivity index (χ0) is 26.9. The molecule has 3 amide bonds. The van der Waals surface area contributed by atoms with Crippen LogP contribution < -0.4 is 20.7 Å². The first-order valence-corrected chi connectivity index (χ1v) is 13.0. The Morgan fingerprint density at radius 3 is 2.66 bits per heavy atom. The van der Waals surface area contributed by atoms with E-state index < -0.39 is 23.9 Å². The zero-order valence-corrected chi connectivity index (χ0v) is 21.9. The maximum Gasteiger partial charge on any atom is 0.255 e. The summed E-state index contributed by atoms with van der Waals surface area (Å²) >= 11 is 6.16. The van der Waals surface area contributed by atoms with Crippen molar-refractivity contribution in [2.45, 2.75) is 57.8 Å². The van der Waals surface area contributed by atoms with Gasteiger partial charge in [-0.3, -0.25) is 19.1 Å². The standard InChI is InChI=1S/C27H31ClN6O4/c1-2-7-22-27(37)31-23(14-18-8-4-3-5-9-18)26(36)29-16-20-17-34(33-32-20)12-6-13-38-24-15-19(28)10-11-21(24)25(35)30-22/h3-5,8-11,15,17,22-23H,2,6-7,12-14,16H2,1H3,(H,29,36)(H,30,35)(H,31,37)/t22-,23-/m0/s1. The Morgan fingerprint density at radius 2 is 1.87 bits per heavy atom. The molecule has 2 aromatic carbocycles. The lowest BCUT2D eigenvalue weighted by Gasteiger charge is -2.23. The molecule has 2 heterocycles. The summed E-state index contributed by atoms with van der Waals surface area (Å²) in [7, 11) is 0. The highest BCUT2D eigenvalue weighted by atomic mass is 35.5. The first-order valence-electron chi connectivity index (χ1n) is 12.7. The van der Waals surface area contributed by atoms with E-state index in [-0.39, 0.29) is 24.4 Å². The number of nitrogens with one attached hydrogen (secondary N) is 3. The predicted molar refractivity (Wildman–Crippen MR) is 142 cm³/mol. The van der Waals surface area contributed by atoms with Gasteiger partial charge in [0.2, 0.25) is 11.8 Å². The van der Waals surface area contributed by atoms with Gasteiger partial charge in [-0.05, 0) is 30.2 Å². The van der Waals surface area contributed by atoms with Crippen LogP contribution in [0.25, 0.3) is 0 Å². The average molecular weight is 539 g/mol. The lowest BCUT2D eigenvalue weighted by molar-refractivity contribution is -0.130.